The van der Waals surface area contributed by atoms with E-state index in [0.29, 0.717) is 35.8 Å². The molecule has 0 radical (unpaired) electrons. The average molecular weight is 494 g/mol. The molecule has 0 spiro atoms. The number of anilines is 1. The van der Waals surface area contributed by atoms with Crippen LogP contribution in [0.25, 0.3) is 22.4 Å². The van der Waals surface area contributed by atoms with Crippen molar-refractivity contribution in [1.82, 2.24) is 30.2 Å². The van der Waals surface area contributed by atoms with Gasteiger partial charge < -0.3 is 20.1 Å². The average Bonchev–Trinajstić information content (AvgIpc) is 3.25. The molecule has 3 aromatic rings. The van der Waals surface area contributed by atoms with Gasteiger partial charge in [-0.25, -0.2) is 15.0 Å². The Bertz CT molecular complexity index is 1220. The molecule has 2 N–H and O–H groups in total. The van der Waals surface area contributed by atoms with Gasteiger partial charge >= 0.3 is 6.18 Å². The number of aromatic nitrogens is 4. The predicted octanol–water partition coefficient (Wildman–Crippen LogP) is 3.25. The molecular weight excluding hydrogens is 463 g/mol. The summed E-state index contributed by atoms with van der Waals surface area (Å²) in [6.07, 6.45) is 0.668. The number of amides is 2. The van der Waals surface area contributed by atoms with Gasteiger partial charge in [0.25, 0.3) is 0 Å². The maximum Gasteiger partial charge on any atom is 0.405 e. The molecule has 1 atom stereocenters. The van der Waals surface area contributed by atoms with Crippen LogP contribution in [0.3, 0.4) is 0 Å². The third-order valence-electron chi connectivity index (χ3n) is 5.71. The molecule has 1 aliphatic rings. The first-order chi connectivity index (χ1) is 16.6. The Morgan fingerprint density at radius 1 is 1.23 bits per heavy atom. The van der Waals surface area contributed by atoms with E-state index in [1.807, 2.05) is 25.2 Å². The summed E-state index contributed by atoms with van der Waals surface area (Å²) in [7, 11) is 0. The molecule has 0 bridgehead atoms. The normalized spacial score (nSPS) is 16.7. The highest BCUT2D eigenvalue weighted by Crippen LogP contribution is 2.27. The van der Waals surface area contributed by atoms with Crippen LogP contribution in [-0.4, -0.2) is 75.0 Å². The lowest BCUT2D eigenvalue weighted by atomic mass is 10.1. The molecule has 0 unspecified atom stereocenters. The Labute approximate surface area is 202 Å². The number of halogens is 3. The van der Waals surface area contributed by atoms with Gasteiger partial charge in [-0.15, -0.1) is 0 Å². The lowest BCUT2D eigenvalue weighted by Gasteiger charge is -2.41. The highest BCUT2D eigenvalue weighted by molar-refractivity contribution is 5.92. The first kappa shape index (κ1) is 24.4. The highest BCUT2D eigenvalue weighted by atomic mass is 19.4. The highest BCUT2D eigenvalue weighted by Gasteiger charge is 2.37. The van der Waals surface area contributed by atoms with E-state index in [-0.39, 0.29) is 27.8 Å². The van der Waals surface area contributed by atoms with E-state index >= 15 is 0 Å². The van der Waals surface area contributed by atoms with E-state index < -0.39 is 24.7 Å². The van der Waals surface area contributed by atoms with Crippen LogP contribution in [0.1, 0.15) is 23.1 Å². The van der Waals surface area contributed by atoms with Crippen LogP contribution >= 0.6 is 0 Å². The molecule has 190 valence electrons. The quantitative estimate of drug-likeness (QED) is 0.546. The molecule has 1 saturated heterocycles. The van der Waals surface area contributed by atoms with Crippen molar-refractivity contribution in [2.45, 2.75) is 32.5 Å². The molecule has 4 heterocycles. The fraction of sp³-hybridized carbons (Fsp3) is 0.435. The molecule has 0 aliphatic carbocycles. The molecule has 0 aromatic carbocycles. The number of alkyl halides is 3. The second-order valence-corrected chi connectivity index (χ2v) is 8.82. The smallest absolute Gasteiger partial charge is 0.345 e. The van der Waals surface area contributed by atoms with Crippen molar-refractivity contribution in [1.29, 1.82) is 0 Å². The van der Waals surface area contributed by atoms with Crippen LogP contribution in [0.4, 0.5) is 19.0 Å². The van der Waals surface area contributed by atoms with Gasteiger partial charge in [-0.1, -0.05) is 13.8 Å². The molecule has 1 aliphatic heterocycles. The Hall–Kier alpha value is -3.70. The van der Waals surface area contributed by atoms with Crippen LogP contribution in [0.15, 0.2) is 36.8 Å². The zero-order chi connectivity index (χ0) is 25.2. The monoisotopic (exact) mass is 493 g/mol. The summed E-state index contributed by atoms with van der Waals surface area (Å²) in [5.74, 6) is -0.0669. The largest absolute Gasteiger partial charge is 0.405 e. The fourth-order valence-corrected chi connectivity index (χ4v) is 4.07. The summed E-state index contributed by atoms with van der Waals surface area (Å²) in [6, 6.07) is 4.23. The number of fused-ring (bicyclic) bond motifs is 1. The number of H-pyrrole nitrogens is 1. The van der Waals surface area contributed by atoms with E-state index in [1.54, 1.807) is 29.4 Å². The first-order valence-electron chi connectivity index (χ1n) is 11.3. The van der Waals surface area contributed by atoms with E-state index in [9.17, 15) is 22.8 Å². The third-order valence-corrected chi connectivity index (χ3v) is 5.71. The van der Waals surface area contributed by atoms with Gasteiger partial charge in [0.2, 0.25) is 11.8 Å². The number of carbonyl (C=O) groups excluding carboxylic acids is 2. The van der Waals surface area contributed by atoms with Crippen molar-refractivity contribution in [2.24, 2.45) is 5.92 Å². The summed E-state index contributed by atoms with van der Waals surface area (Å²) in [5, 5.41) is 2.77. The van der Waals surface area contributed by atoms with Crippen molar-refractivity contribution in [3.05, 3.63) is 36.8 Å². The summed E-state index contributed by atoms with van der Waals surface area (Å²) in [4.78, 5) is 44.9. The summed E-state index contributed by atoms with van der Waals surface area (Å²) >= 11 is 0. The van der Waals surface area contributed by atoms with Gasteiger partial charge in [-0.3, -0.25) is 9.59 Å². The molecule has 0 saturated carbocycles. The van der Waals surface area contributed by atoms with Crippen molar-refractivity contribution in [2.75, 3.05) is 31.1 Å². The number of hydrogen-bond donors (Lipinski definition) is 2. The molecule has 12 heteroatoms. The number of pyridine rings is 1. The summed E-state index contributed by atoms with van der Waals surface area (Å²) in [5.41, 5.74) is 1.37. The molecule has 9 nitrogen and oxygen atoms in total. The van der Waals surface area contributed by atoms with Crippen molar-refractivity contribution >= 4 is 28.7 Å². The Morgan fingerprint density at radius 3 is 2.77 bits per heavy atom. The Balaban J connectivity index is 0.00000241. The molecule has 2 amide bonds. The third kappa shape index (κ3) is 5.69. The minimum atomic E-state index is -4.55. The van der Waals surface area contributed by atoms with Crippen LogP contribution in [0.2, 0.25) is 0 Å². The number of nitrogens with one attached hydrogen (secondary N) is 2. The van der Waals surface area contributed by atoms with Gasteiger partial charge in [-0.05, 0) is 24.1 Å². The maximum absolute atomic E-state index is 12.9. The van der Waals surface area contributed by atoms with E-state index in [0.717, 1.165) is 5.39 Å². The summed E-state index contributed by atoms with van der Waals surface area (Å²) in [6.45, 7) is 2.89. The SMILES string of the molecule is CC(C)CC(=O)N1CCN(c2ccnc(-c3c[nH]c4ncccc34)n2)[C@@H](C(=O)NCC(F)(F)F)C1.[HH].[HH]. The number of piperazine rings is 1. The minimum absolute atomic E-state index is 0. The van der Waals surface area contributed by atoms with Crippen LogP contribution < -0.4 is 10.2 Å². The van der Waals surface area contributed by atoms with Crippen LogP contribution in [-0.2, 0) is 9.59 Å². The van der Waals surface area contributed by atoms with Crippen molar-refractivity contribution in [3.63, 3.8) is 0 Å². The summed E-state index contributed by atoms with van der Waals surface area (Å²) < 4.78 is 38.3. The second kappa shape index (κ2) is 9.88. The fourth-order valence-electron chi connectivity index (χ4n) is 4.07. The molecule has 35 heavy (non-hydrogen) atoms. The van der Waals surface area contributed by atoms with Gasteiger partial charge in [0.15, 0.2) is 5.82 Å². The zero-order valence-electron chi connectivity index (χ0n) is 19.3. The lowest BCUT2D eigenvalue weighted by molar-refractivity contribution is -0.141. The van der Waals surface area contributed by atoms with Crippen molar-refractivity contribution in [3.8, 4) is 11.4 Å². The van der Waals surface area contributed by atoms with Gasteiger partial charge in [-0.2, -0.15) is 13.2 Å². The van der Waals surface area contributed by atoms with Crippen LogP contribution in [0.5, 0.6) is 0 Å². The van der Waals surface area contributed by atoms with Crippen molar-refractivity contribution < 1.29 is 25.6 Å². The van der Waals surface area contributed by atoms with Gasteiger partial charge in [0.1, 0.15) is 24.1 Å². The molecule has 3 aromatic heterocycles. The number of nitrogens with zero attached hydrogens (tertiary/aromatic N) is 5. The zero-order valence-corrected chi connectivity index (χ0v) is 19.3. The van der Waals surface area contributed by atoms with Crippen LogP contribution in [0, 0.1) is 5.92 Å². The first-order valence-corrected chi connectivity index (χ1v) is 11.3. The topological polar surface area (TPSA) is 107 Å². The second-order valence-electron chi connectivity index (χ2n) is 8.82. The number of rotatable bonds is 6. The molecule has 4 rings (SSSR count). The number of carbonyl (C=O) groups is 2. The Morgan fingerprint density at radius 2 is 2.03 bits per heavy atom. The van der Waals surface area contributed by atoms with Gasteiger partial charge in [0, 0.05) is 51.9 Å². The lowest BCUT2D eigenvalue weighted by Crippen LogP contribution is -2.61. The molecular formula is C23H30F3N7O2. The maximum atomic E-state index is 12.9. The van der Waals surface area contributed by atoms with Gasteiger partial charge in [0.05, 0.1) is 6.54 Å². The number of hydrogen-bond acceptors (Lipinski definition) is 6. The number of aromatic amines is 1. The van der Waals surface area contributed by atoms with E-state index in [1.165, 1.54) is 11.1 Å². The van der Waals surface area contributed by atoms with E-state index in [2.05, 4.69) is 19.9 Å². The standard InChI is InChI=1S/C23H26F3N7O2.2H2/c1-14(2)10-19(34)32-8-9-33(17(12-32)22(35)30-13-23(24,25)26)18-5-7-28-21(31-18)16-11-29-20-15(16)4-3-6-27-20;;/h3-7,11,14,17H,8-10,12-13H2,1-2H3,(H,27,29)(H,30,35);2*1H/t17-;;/m1../s1. The molecule has 1 fully saturated rings. The van der Waals surface area contributed by atoms with E-state index in [4.69, 9.17) is 0 Å². The predicted molar refractivity (Wildman–Crippen MR) is 128 cm³/mol. The Kier molecular flexibility index (Phi) is 6.90. The minimum Gasteiger partial charge on any atom is -0.345 e.